The van der Waals surface area contributed by atoms with Crippen molar-refractivity contribution in [2.75, 3.05) is 13.3 Å². The molecule has 1 heterocycles. The lowest BCUT2D eigenvalue weighted by atomic mass is 10.1. The molecule has 0 atom stereocenters. The molecule has 0 fully saturated rings. The quantitative estimate of drug-likeness (QED) is 0.681. The van der Waals surface area contributed by atoms with Crippen LogP contribution >= 0.6 is 7.14 Å². The van der Waals surface area contributed by atoms with Gasteiger partial charge in [0, 0.05) is 17.7 Å². The first kappa shape index (κ1) is 10.5. The Balaban J connectivity index is 3.13. The lowest BCUT2D eigenvalue weighted by molar-refractivity contribution is 0.588. The number of hydrogen-bond acceptors (Lipinski definition) is 2. The minimum Gasteiger partial charge on any atom is -0.319 e. The number of nitrogens with zero attached hydrogens (tertiary/aromatic N) is 1. The van der Waals surface area contributed by atoms with Gasteiger partial charge in [0.05, 0.1) is 0 Å². The summed E-state index contributed by atoms with van der Waals surface area (Å²) in [6.07, 6.45) is 3.54. The molecule has 2 nitrogen and oxygen atoms in total. The first-order valence-corrected chi connectivity index (χ1v) is 7.02. The first-order chi connectivity index (χ1) is 5.91. The van der Waals surface area contributed by atoms with Gasteiger partial charge in [-0.1, -0.05) is 13.8 Å². The molecule has 1 aromatic heterocycles. The van der Waals surface area contributed by atoms with Crippen molar-refractivity contribution in [3.63, 3.8) is 0 Å². The zero-order chi connectivity index (χ0) is 10.1. The molecule has 13 heavy (non-hydrogen) atoms. The van der Waals surface area contributed by atoms with E-state index in [2.05, 4.69) is 18.8 Å². The third kappa shape index (κ3) is 2.67. The number of rotatable bonds is 2. The van der Waals surface area contributed by atoms with Gasteiger partial charge in [-0.25, -0.2) is 0 Å². The van der Waals surface area contributed by atoms with E-state index in [1.54, 1.807) is 19.5 Å². The molecule has 0 aliphatic rings. The minimum absolute atomic E-state index is 0.444. The van der Waals surface area contributed by atoms with E-state index in [-0.39, 0.29) is 0 Å². The number of pyridine rings is 1. The van der Waals surface area contributed by atoms with Gasteiger partial charge in [0.1, 0.15) is 7.14 Å². The summed E-state index contributed by atoms with van der Waals surface area (Å²) in [6, 6.07) is 2.00. The van der Waals surface area contributed by atoms with Gasteiger partial charge in [0.25, 0.3) is 0 Å². The van der Waals surface area contributed by atoms with Crippen molar-refractivity contribution < 1.29 is 4.57 Å². The van der Waals surface area contributed by atoms with Crippen molar-refractivity contribution in [2.24, 2.45) is 0 Å². The summed E-state index contributed by atoms with van der Waals surface area (Å²) >= 11 is 0. The van der Waals surface area contributed by atoms with Crippen molar-refractivity contribution in [3.05, 3.63) is 24.0 Å². The average Bonchev–Trinajstić information content (AvgIpc) is 2.03. The molecule has 0 unspecified atom stereocenters. The van der Waals surface area contributed by atoms with Crippen molar-refractivity contribution in [1.29, 1.82) is 0 Å². The fourth-order valence-corrected chi connectivity index (χ4v) is 1.86. The van der Waals surface area contributed by atoms with Crippen LogP contribution in [0.5, 0.6) is 0 Å². The van der Waals surface area contributed by atoms with Crippen LogP contribution in [0.3, 0.4) is 0 Å². The lowest BCUT2D eigenvalue weighted by Crippen LogP contribution is -2.06. The fourth-order valence-electron chi connectivity index (χ4n) is 1.06. The van der Waals surface area contributed by atoms with E-state index < -0.39 is 7.14 Å². The van der Waals surface area contributed by atoms with Crippen molar-refractivity contribution >= 4 is 12.4 Å². The van der Waals surface area contributed by atoms with Crippen LogP contribution in [-0.4, -0.2) is 18.3 Å². The van der Waals surface area contributed by atoms with Gasteiger partial charge in [-0.05, 0) is 30.9 Å². The molecule has 0 aromatic carbocycles. The summed E-state index contributed by atoms with van der Waals surface area (Å²) in [5.41, 5.74) is 1.15. The van der Waals surface area contributed by atoms with Gasteiger partial charge < -0.3 is 4.57 Å². The first-order valence-electron chi connectivity index (χ1n) is 4.42. The van der Waals surface area contributed by atoms with E-state index in [1.807, 2.05) is 12.3 Å². The molecule has 0 aliphatic heterocycles. The van der Waals surface area contributed by atoms with Crippen molar-refractivity contribution in [2.45, 2.75) is 19.8 Å². The largest absolute Gasteiger partial charge is 0.319 e. The summed E-state index contributed by atoms with van der Waals surface area (Å²) in [6.45, 7) is 7.76. The van der Waals surface area contributed by atoms with Crippen molar-refractivity contribution in [3.8, 4) is 0 Å². The van der Waals surface area contributed by atoms with Crippen LogP contribution in [0.4, 0.5) is 0 Å². The second kappa shape index (κ2) is 3.63. The van der Waals surface area contributed by atoms with Crippen LogP contribution in [0.15, 0.2) is 18.5 Å². The highest BCUT2D eigenvalue weighted by Crippen LogP contribution is 2.34. The Kier molecular flexibility index (Phi) is 2.92. The van der Waals surface area contributed by atoms with Crippen LogP contribution in [0.1, 0.15) is 25.3 Å². The fraction of sp³-hybridized carbons (Fsp3) is 0.500. The van der Waals surface area contributed by atoms with E-state index in [1.165, 1.54) is 0 Å². The third-order valence-electron chi connectivity index (χ3n) is 2.03. The zero-order valence-corrected chi connectivity index (χ0v) is 9.51. The summed E-state index contributed by atoms with van der Waals surface area (Å²) < 4.78 is 11.8. The molecule has 0 N–H and O–H groups in total. The molecule has 72 valence electrons. The molecule has 0 spiro atoms. The molecular weight excluding hydrogens is 181 g/mol. The Morgan fingerprint density at radius 2 is 1.92 bits per heavy atom. The molecule has 3 heteroatoms. The Morgan fingerprint density at radius 1 is 1.31 bits per heavy atom. The third-order valence-corrected chi connectivity index (χ3v) is 3.52. The Morgan fingerprint density at radius 3 is 2.38 bits per heavy atom. The van der Waals surface area contributed by atoms with E-state index in [0.717, 1.165) is 10.9 Å². The molecule has 0 aliphatic carbocycles. The van der Waals surface area contributed by atoms with E-state index in [0.29, 0.717) is 5.92 Å². The highest BCUT2D eigenvalue weighted by molar-refractivity contribution is 7.70. The van der Waals surface area contributed by atoms with E-state index in [9.17, 15) is 4.57 Å². The van der Waals surface area contributed by atoms with E-state index in [4.69, 9.17) is 0 Å². The van der Waals surface area contributed by atoms with Crippen LogP contribution in [-0.2, 0) is 4.57 Å². The second-order valence-corrected chi connectivity index (χ2v) is 7.20. The molecule has 1 aromatic rings. The molecule has 0 bridgehead atoms. The summed E-state index contributed by atoms with van der Waals surface area (Å²) in [7, 11) is -2.15. The Hall–Kier alpha value is -0.620. The highest BCUT2D eigenvalue weighted by atomic mass is 31.2. The predicted octanol–water partition coefficient (Wildman–Crippen LogP) is 2.45. The predicted molar refractivity (Wildman–Crippen MR) is 57.4 cm³/mol. The number of aromatic nitrogens is 1. The van der Waals surface area contributed by atoms with Gasteiger partial charge >= 0.3 is 0 Å². The van der Waals surface area contributed by atoms with Gasteiger partial charge in [-0.3, -0.25) is 4.98 Å². The van der Waals surface area contributed by atoms with Crippen LogP contribution in [0.2, 0.25) is 0 Å². The minimum atomic E-state index is -2.15. The van der Waals surface area contributed by atoms with Gasteiger partial charge in [0.2, 0.25) is 0 Å². The van der Waals surface area contributed by atoms with Crippen molar-refractivity contribution in [1.82, 2.24) is 4.98 Å². The zero-order valence-electron chi connectivity index (χ0n) is 8.61. The van der Waals surface area contributed by atoms with Crippen LogP contribution < -0.4 is 5.30 Å². The molecule has 0 radical (unpaired) electrons. The molecule has 1 rings (SSSR count). The SMILES string of the molecule is CC(C)c1cncc(P(C)(C)=O)c1. The normalized spacial score (nSPS) is 12.1. The molecule has 0 saturated carbocycles. The van der Waals surface area contributed by atoms with Crippen LogP contribution in [0.25, 0.3) is 0 Å². The maximum atomic E-state index is 11.8. The topological polar surface area (TPSA) is 30.0 Å². The summed E-state index contributed by atoms with van der Waals surface area (Å²) in [5, 5.41) is 0.874. The second-order valence-electron chi connectivity index (χ2n) is 3.98. The molecule has 0 amide bonds. The molecular formula is C10H16NOP. The van der Waals surface area contributed by atoms with Gasteiger partial charge in [-0.15, -0.1) is 0 Å². The lowest BCUT2D eigenvalue weighted by Gasteiger charge is -2.10. The Labute approximate surface area is 79.8 Å². The smallest absolute Gasteiger partial charge is 0.111 e. The maximum Gasteiger partial charge on any atom is 0.111 e. The standard InChI is InChI=1S/C10H16NOP/c1-8(2)9-5-10(7-11-6-9)13(3,4)12/h5-8H,1-4H3. The van der Waals surface area contributed by atoms with Gasteiger partial charge in [0.15, 0.2) is 0 Å². The monoisotopic (exact) mass is 197 g/mol. The number of hydrogen-bond donors (Lipinski definition) is 0. The van der Waals surface area contributed by atoms with Gasteiger partial charge in [-0.2, -0.15) is 0 Å². The maximum absolute atomic E-state index is 11.8. The molecule has 0 saturated heterocycles. The van der Waals surface area contributed by atoms with E-state index >= 15 is 0 Å². The summed E-state index contributed by atoms with van der Waals surface area (Å²) in [4.78, 5) is 4.10. The highest BCUT2D eigenvalue weighted by Gasteiger charge is 2.12. The Bertz CT molecular complexity index is 341. The average molecular weight is 197 g/mol. The van der Waals surface area contributed by atoms with Crippen LogP contribution in [0, 0.1) is 0 Å². The summed E-state index contributed by atoms with van der Waals surface area (Å²) in [5.74, 6) is 0.444.